The summed E-state index contributed by atoms with van der Waals surface area (Å²) in [6, 6.07) is 0.170. The maximum absolute atomic E-state index is 11.8. The Kier molecular flexibility index (Phi) is 5.63. The average molecular weight is 268 g/mol. The third-order valence-electron chi connectivity index (χ3n) is 3.91. The highest BCUT2D eigenvalue weighted by molar-refractivity contribution is 6.35. The van der Waals surface area contributed by atoms with Crippen LogP contribution < -0.4 is 10.6 Å². The number of nitrogens with one attached hydrogen (secondary N) is 2. The third kappa shape index (κ3) is 4.82. The van der Waals surface area contributed by atoms with Gasteiger partial charge in [0.05, 0.1) is 6.10 Å². The Hall–Kier alpha value is -1.10. The lowest BCUT2D eigenvalue weighted by Crippen LogP contribution is -2.46. The molecule has 0 aromatic rings. The van der Waals surface area contributed by atoms with Crippen molar-refractivity contribution in [1.29, 1.82) is 0 Å². The lowest BCUT2D eigenvalue weighted by atomic mass is 10.1. The molecule has 0 radical (unpaired) electrons. The third-order valence-corrected chi connectivity index (χ3v) is 3.91. The van der Waals surface area contributed by atoms with E-state index in [-0.39, 0.29) is 12.1 Å². The molecule has 1 aliphatic carbocycles. The lowest BCUT2D eigenvalue weighted by Gasteiger charge is -2.16. The molecule has 0 spiro atoms. The number of hydrogen-bond donors (Lipinski definition) is 2. The molecule has 1 saturated heterocycles. The molecule has 1 aliphatic heterocycles. The largest absolute Gasteiger partial charge is 0.376 e. The lowest BCUT2D eigenvalue weighted by molar-refractivity contribution is -0.139. The SMILES string of the molecule is O=C(NC[C@H]1CCCO1)C(=O)NC1CCCCCC1. The zero-order valence-electron chi connectivity index (χ0n) is 11.5. The molecule has 2 N–H and O–H groups in total. The summed E-state index contributed by atoms with van der Waals surface area (Å²) >= 11 is 0. The topological polar surface area (TPSA) is 67.4 Å². The molecule has 1 heterocycles. The van der Waals surface area contributed by atoms with Crippen LogP contribution in [0.3, 0.4) is 0 Å². The molecule has 0 aromatic heterocycles. The quantitative estimate of drug-likeness (QED) is 0.595. The first-order valence-corrected chi connectivity index (χ1v) is 7.46. The molecule has 0 bridgehead atoms. The minimum Gasteiger partial charge on any atom is -0.376 e. The van der Waals surface area contributed by atoms with E-state index < -0.39 is 11.8 Å². The van der Waals surface area contributed by atoms with E-state index in [0.717, 1.165) is 45.1 Å². The zero-order valence-corrected chi connectivity index (χ0v) is 11.5. The van der Waals surface area contributed by atoms with E-state index in [4.69, 9.17) is 4.74 Å². The van der Waals surface area contributed by atoms with E-state index >= 15 is 0 Å². The molecule has 0 aromatic carbocycles. The van der Waals surface area contributed by atoms with Gasteiger partial charge in [-0.3, -0.25) is 9.59 Å². The summed E-state index contributed by atoms with van der Waals surface area (Å²) in [4.78, 5) is 23.4. The minimum atomic E-state index is -0.528. The molecule has 5 heteroatoms. The molecule has 2 rings (SSSR count). The molecule has 2 aliphatic rings. The summed E-state index contributed by atoms with van der Waals surface area (Å²) in [5.74, 6) is -1.02. The first-order chi connectivity index (χ1) is 9.25. The summed E-state index contributed by atoms with van der Waals surface area (Å²) in [7, 11) is 0. The first kappa shape index (κ1) is 14.3. The van der Waals surface area contributed by atoms with Gasteiger partial charge in [-0.05, 0) is 25.7 Å². The standard InChI is InChI=1S/C14H24N2O3/c17-13(15-10-12-8-5-9-19-12)14(18)16-11-6-3-1-2-4-7-11/h11-12H,1-10H2,(H,15,17)(H,16,18)/t12-/m1/s1. The van der Waals surface area contributed by atoms with Crippen molar-refractivity contribution >= 4 is 11.8 Å². The maximum Gasteiger partial charge on any atom is 0.309 e. The molecule has 5 nitrogen and oxygen atoms in total. The van der Waals surface area contributed by atoms with Gasteiger partial charge in [0.15, 0.2) is 0 Å². The molecular weight excluding hydrogens is 244 g/mol. The highest BCUT2D eigenvalue weighted by atomic mass is 16.5. The summed E-state index contributed by atoms with van der Waals surface area (Å²) in [6.45, 7) is 1.20. The summed E-state index contributed by atoms with van der Waals surface area (Å²) in [6.07, 6.45) is 8.81. The van der Waals surface area contributed by atoms with Gasteiger partial charge < -0.3 is 15.4 Å². The van der Waals surface area contributed by atoms with Crippen molar-refractivity contribution in [3.05, 3.63) is 0 Å². The maximum atomic E-state index is 11.8. The van der Waals surface area contributed by atoms with Gasteiger partial charge in [-0.15, -0.1) is 0 Å². The number of ether oxygens (including phenoxy) is 1. The molecular formula is C14H24N2O3. The smallest absolute Gasteiger partial charge is 0.309 e. The van der Waals surface area contributed by atoms with Crippen LogP contribution in [0.2, 0.25) is 0 Å². The highest BCUT2D eigenvalue weighted by Crippen LogP contribution is 2.17. The first-order valence-electron chi connectivity index (χ1n) is 7.46. The van der Waals surface area contributed by atoms with E-state index in [1.807, 2.05) is 0 Å². The van der Waals surface area contributed by atoms with Gasteiger partial charge in [0.25, 0.3) is 0 Å². The number of amides is 2. The van der Waals surface area contributed by atoms with Gasteiger partial charge >= 0.3 is 11.8 Å². The molecule has 2 fully saturated rings. The second kappa shape index (κ2) is 7.48. The minimum absolute atomic E-state index is 0.0784. The number of carbonyl (C=O) groups excluding carboxylic acids is 2. The van der Waals surface area contributed by atoms with E-state index in [9.17, 15) is 9.59 Å². The van der Waals surface area contributed by atoms with Crippen LogP contribution in [0.1, 0.15) is 51.4 Å². The zero-order chi connectivity index (χ0) is 13.5. The van der Waals surface area contributed by atoms with Crippen LogP contribution in [0.25, 0.3) is 0 Å². The van der Waals surface area contributed by atoms with Gasteiger partial charge in [-0.25, -0.2) is 0 Å². The summed E-state index contributed by atoms with van der Waals surface area (Å²) in [5, 5.41) is 5.50. The van der Waals surface area contributed by atoms with Gasteiger partial charge in [-0.1, -0.05) is 25.7 Å². The van der Waals surface area contributed by atoms with Crippen molar-refractivity contribution in [3.63, 3.8) is 0 Å². The Morgan fingerprint density at radius 1 is 0.947 bits per heavy atom. The Balaban J connectivity index is 1.67. The van der Waals surface area contributed by atoms with Crippen LogP contribution in [0.15, 0.2) is 0 Å². The number of carbonyl (C=O) groups is 2. The Bertz CT molecular complexity index is 306. The van der Waals surface area contributed by atoms with Gasteiger partial charge in [-0.2, -0.15) is 0 Å². The normalized spacial score (nSPS) is 24.7. The number of rotatable bonds is 3. The van der Waals surface area contributed by atoms with Gasteiger partial charge in [0, 0.05) is 19.2 Å². The highest BCUT2D eigenvalue weighted by Gasteiger charge is 2.21. The molecule has 19 heavy (non-hydrogen) atoms. The van der Waals surface area contributed by atoms with Gasteiger partial charge in [0.1, 0.15) is 0 Å². The molecule has 2 amide bonds. The van der Waals surface area contributed by atoms with Crippen LogP contribution >= 0.6 is 0 Å². The fourth-order valence-corrected chi connectivity index (χ4v) is 2.77. The fraction of sp³-hybridized carbons (Fsp3) is 0.857. The van der Waals surface area contributed by atoms with Gasteiger partial charge in [0.2, 0.25) is 0 Å². The second-order valence-corrected chi connectivity index (χ2v) is 5.51. The van der Waals surface area contributed by atoms with Crippen molar-refractivity contribution in [3.8, 4) is 0 Å². The molecule has 108 valence electrons. The molecule has 1 saturated carbocycles. The van der Waals surface area contributed by atoms with E-state index in [1.54, 1.807) is 0 Å². The van der Waals surface area contributed by atoms with Crippen molar-refractivity contribution < 1.29 is 14.3 Å². The summed E-state index contributed by atoms with van der Waals surface area (Å²) < 4.78 is 5.40. The van der Waals surface area contributed by atoms with Crippen LogP contribution in [0.4, 0.5) is 0 Å². The van der Waals surface area contributed by atoms with Crippen molar-refractivity contribution in [2.45, 2.75) is 63.5 Å². The predicted octanol–water partition coefficient (Wildman–Crippen LogP) is 1.12. The van der Waals surface area contributed by atoms with E-state index in [1.165, 1.54) is 12.8 Å². The van der Waals surface area contributed by atoms with E-state index in [0.29, 0.717) is 6.54 Å². The van der Waals surface area contributed by atoms with Crippen LogP contribution in [-0.4, -0.2) is 37.1 Å². The van der Waals surface area contributed by atoms with Crippen molar-refractivity contribution in [1.82, 2.24) is 10.6 Å². The van der Waals surface area contributed by atoms with Crippen molar-refractivity contribution in [2.75, 3.05) is 13.2 Å². The van der Waals surface area contributed by atoms with Crippen LogP contribution in [0.5, 0.6) is 0 Å². The Labute approximate surface area is 114 Å². The van der Waals surface area contributed by atoms with Crippen LogP contribution in [-0.2, 0) is 14.3 Å². The molecule has 0 unspecified atom stereocenters. The van der Waals surface area contributed by atoms with E-state index in [2.05, 4.69) is 10.6 Å². The number of hydrogen-bond acceptors (Lipinski definition) is 3. The molecule has 1 atom stereocenters. The van der Waals surface area contributed by atoms with Crippen molar-refractivity contribution in [2.24, 2.45) is 0 Å². The monoisotopic (exact) mass is 268 g/mol. The average Bonchev–Trinajstić information content (AvgIpc) is 2.80. The van der Waals surface area contributed by atoms with Crippen LogP contribution in [0, 0.1) is 0 Å². The second-order valence-electron chi connectivity index (χ2n) is 5.51. The Morgan fingerprint density at radius 3 is 2.32 bits per heavy atom. The summed E-state index contributed by atoms with van der Waals surface area (Å²) in [5.41, 5.74) is 0. The predicted molar refractivity (Wildman–Crippen MR) is 71.6 cm³/mol. The fourth-order valence-electron chi connectivity index (χ4n) is 2.77. The Morgan fingerprint density at radius 2 is 1.68 bits per heavy atom.